The Morgan fingerprint density at radius 3 is 2.35 bits per heavy atom. The van der Waals surface area contributed by atoms with Gasteiger partial charge >= 0.3 is 0 Å². The molecule has 4 aliphatic rings. The van der Waals surface area contributed by atoms with E-state index < -0.39 is 0 Å². The van der Waals surface area contributed by atoms with E-state index in [1.54, 1.807) is 5.57 Å². The molecule has 0 aliphatic heterocycles. The summed E-state index contributed by atoms with van der Waals surface area (Å²) in [6, 6.07) is 0. The smallest absolute Gasteiger partial charge is 0.0495 e. The number of rotatable bonds is 5. The van der Waals surface area contributed by atoms with E-state index >= 15 is 0 Å². The predicted molar refractivity (Wildman–Crippen MR) is 133 cm³/mol. The molecular formula is C30H52O. The maximum Gasteiger partial charge on any atom is 0.0495 e. The zero-order chi connectivity index (χ0) is 22.7. The molecule has 31 heavy (non-hydrogen) atoms. The van der Waals surface area contributed by atoms with Crippen molar-refractivity contribution in [3.05, 3.63) is 11.6 Å². The van der Waals surface area contributed by atoms with Gasteiger partial charge in [-0.2, -0.15) is 0 Å². The van der Waals surface area contributed by atoms with E-state index in [0.29, 0.717) is 23.4 Å². The van der Waals surface area contributed by atoms with E-state index in [0.717, 1.165) is 23.7 Å². The van der Waals surface area contributed by atoms with Gasteiger partial charge in [0.1, 0.15) is 0 Å². The van der Waals surface area contributed by atoms with Crippen LogP contribution in [0.4, 0.5) is 0 Å². The van der Waals surface area contributed by atoms with Gasteiger partial charge in [-0.15, -0.1) is 0 Å². The fraction of sp³-hybridized carbons (Fsp3) is 0.933. The van der Waals surface area contributed by atoms with Gasteiger partial charge in [0.15, 0.2) is 0 Å². The summed E-state index contributed by atoms with van der Waals surface area (Å²) >= 11 is 0. The molecule has 1 heteroatoms. The van der Waals surface area contributed by atoms with Gasteiger partial charge in [-0.05, 0) is 117 Å². The average Bonchev–Trinajstić information content (AvgIpc) is 3.00. The Labute approximate surface area is 193 Å². The molecule has 4 rings (SSSR count). The summed E-state index contributed by atoms with van der Waals surface area (Å²) in [4.78, 5) is 0. The molecule has 4 saturated carbocycles. The first-order valence-electron chi connectivity index (χ1n) is 13.8. The number of hydrogen-bond donors (Lipinski definition) is 1. The van der Waals surface area contributed by atoms with Crippen molar-refractivity contribution in [3.63, 3.8) is 0 Å². The van der Waals surface area contributed by atoms with Crippen LogP contribution in [0.1, 0.15) is 119 Å². The lowest BCUT2D eigenvalue weighted by Crippen LogP contribution is -2.61. The van der Waals surface area contributed by atoms with Crippen LogP contribution in [0.25, 0.3) is 0 Å². The molecule has 1 N–H and O–H groups in total. The van der Waals surface area contributed by atoms with E-state index in [2.05, 4.69) is 54.5 Å². The van der Waals surface area contributed by atoms with Gasteiger partial charge in [0.05, 0.1) is 0 Å². The van der Waals surface area contributed by atoms with E-state index in [1.165, 1.54) is 70.6 Å². The molecule has 0 heterocycles. The zero-order valence-corrected chi connectivity index (χ0v) is 21.9. The quantitative estimate of drug-likeness (QED) is 0.436. The van der Waals surface area contributed by atoms with Crippen molar-refractivity contribution >= 4 is 0 Å². The summed E-state index contributed by atoms with van der Waals surface area (Å²) in [6.45, 7) is 17.9. The van der Waals surface area contributed by atoms with Crippen molar-refractivity contribution in [2.24, 2.45) is 51.2 Å². The summed E-state index contributed by atoms with van der Waals surface area (Å²) in [5, 5.41) is 11.1. The van der Waals surface area contributed by atoms with Crippen molar-refractivity contribution in [1.29, 1.82) is 0 Å². The van der Waals surface area contributed by atoms with Crippen molar-refractivity contribution in [1.82, 2.24) is 0 Å². The second-order valence-corrected chi connectivity index (χ2v) is 14.0. The fourth-order valence-corrected chi connectivity index (χ4v) is 10.3. The van der Waals surface area contributed by atoms with Crippen molar-refractivity contribution in [2.45, 2.75) is 119 Å². The zero-order valence-electron chi connectivity index (χ0n) is 21.9. The minimum absolute atomic E-state index is 0.156. The Hall–Kier alpha value is -0.300. The first-order chi connectivity index (χ1) is 14.5. The van der Waals surface area contributed by atoms with Gasteiger partial charge in [0.2, 0.25) is 0 Å². The van der Waals surface area contributed by atoms with Crippen LogP contribution in [-0.4, -0.2) is 11.7 Å². The summed E-state index contributed by atoms with van der Waals surface area (Å²) in [6.07, 6.45) is 17.4. The molecule has 178 valence electrons. The number of hydrogen-bond acceptors (Lipinski definition) is 1. The summed E-state index contributed by atoms with van der Waals surface area (Å²) < 4.78 is 0. The maximum atomic E-state index is 11.1. The third kappa shape index (κ3) is 3.50. The molecule has 0 saturated heterocycles. The molecule has 0 aromatic carbocycles. The lowest BCUT2D eigenvalue weighted by molar-refractivity contribution is -0.191. The Bertz CT molecular complexity index is 689. The molecular weight excluding hydrogens is 376 g/mol. The summed E-state index contributed by atoms with van der Waals surface area (Å²) in [5.41, 5.74) is 3.07. The standard InChI is InChI=1S/C30H52O/c1-21(2)10-8-11-22(3)23-15-19-30(20-31)25-12-13-26-27(4,5)16-9-17-28(26,6)24(25)14-18-29(23,30)7/h11,21,23-26,31H,8-10,12-20H2,1-7H3. The largest absolute Gasteiger partial charge is 0.396 e. The maximum absolute atomic E-state index is 11.1. The monoisotopic (exact) mass is 428 g/mol. The fourth-order valence-electron chi connectivity index (χ4n) is 10.3. The Morgan fingerprint density at radius 2 is 1.68 bits per heavy atom. The second-order valence-electron chi connectivity index (χ2n) is 14.0. The summed E-state index contributed by atoms with van der Waals surface area (Å²) in [7, 11) is 0. The van der Waals surface area contributed by atoms with Crippen LogP contribution in [0, 0.1) is 51.2 Å². The van der Waals surface area contributed by atoms with Crippen LogP contribution in [0.5, 0.6) is 0 Å². The lowest BCUT2D eigenvalue weighted by Gasteiger charge is -2.67. The number of allylic oxidation sites excluding steroid dienone is 2. The Balaban J connectivity index is 1.63. The number of fused-ring (bicyclic) bond motifs is 5. The molecule has 1 nitrogen and oxygen atoms in total. The minimum Gasteiger partial charge on any atom is -0.396 e. The third-order valence-electron chi connectivity index (χ3n) is 11.9. The van der Waals surface area contributed by atoms with Gasteiger partial charge < -0.3 is 5.11 Å². The van der Waals surface area contributed by atoms with Crippen molar-refractivity contribution < 1.29 is 5.11 Å². The van der Waals surface area contributed by atoms with Crippen molar-refractivity contribution in [2.75, 3.05) is 6.61 Å². The molecule has 0 aromatic rings. The highest BCUT2D eigenvalue weighted by Crippen LogP contribution is 2.74. The van der Waals surface area contributed by atoms with E-state index in [-0.39, 0.29) is 10.8 Å². The van der Waals surface area contributed by atoms with Gasteiger partial charge in [0, 0.05) is 12.0 Å². The minimum atomic E-state index is 0.156. The average molecular weight is 429 g/mol. The second kappa shape index (κ2) is 8.18. The van der Waals surface area contributed by atoms with E-state index in [4.69, 9.17) is 0 Å². The van der Waals surface area contributed by atoms with E-state index in [1.807, 2.05) is 0 Å². The Kier molecular flexibility index (Phi) is 6.29. The molecule has 4 aliphatic carbocycles. The first kappa shape index (κ1) is 23.8. The summed E-state index contributed by atoms with van der Waals surface area (Å²) in [5.74, 6) is 3.91. The number of aliphatic hydroxyl groups excluding tert-OH is 1. The lowest BCUT2D eigenvalue weighted by atomic mass is 9.38. The highest BCUT2D eigenvalue weighted by molar-refractivity contribution is 5.22. The molecule has 0 spiro atoms. The first-order valence-corrected chi connectivity index (χ1v) is 13.8. The molecule has 7 atom stereocenters. The van der Waals surface area contributed by atoms with Gasteiger partial charge in [-0.1, -0.05) is 59.6 Å². The van der Waals surface area contributed by atoms with Gasteiger partial charge in [-0.3, -0.25) is 0 Å². The van der Waals surface area contributed by atoms with Crippen molar-refractivity contribution in [3.8, 4) is 0 Å². The molecule has 7 unspecified atom stereocenters. The SMILES string of the molecule is CC(=CCCC(C)C)C1CCC2(CO)C3CCC4C(C)(C)CCCC4(C)C3CCC12C. The van der Waals surface area contributed by atoms with Gasteiger partial charge in [0.25, 0.3) is 0 Å². The molecule has 0 bridgehead atoms. The Morgan fingerprint density at radius 1 is 0.935 bits per heavy atom. The molecule has 0 amide bonds. The predicted octanol–water partition coefficient (Wildman–Crippen LogP) is 8.42. The normalized spacial score (nSPS) is 47.1. The van der Waals surface area contributed by atoms with Crippen LogP contribution in [0.2, 0.25) is 0 Å². The van der Waals surface area contributed by atoms with Gasteiger partial charge in [-0.25, -0.2) is 0 Å². The third-order valence-corrected chi connectivity index (χ3v) is 11.9. The highest BCUT2D eigenvalue weighted by atomic mass is 16.3. The molecule has 0 aromatic heterocycles. The number of aliphatic hydroxyl groups is 1. The van der Waals surface area contributed by atoms with Crippen LogP contribution in [0.3, 0.4) is 0 Å². The van der Waals surface area contributed by atoms with Crippen LogP contribution in [-0.2, 0) is 0 Å². The molecule has 4 fully saturated rings. The molecule has 0 radical (unpaired) electrons. The van der Waals surface area contributed by atoms with E-state index in [9.17, 15) is 5.11 Å². The topological polar surface area (TPSA) is 20.2 Å². The van der Waals surface area contributed by atoms with Crippen LogP contribution < -0.4 is 0 Å². The van der Waals surface area contributed by atoms with Crippen LogP contribution in [0.15, 0.2) is 11.6 Å². The van der Waals surface area contributed by atoms with Crippen LogP contribution >= 0.6 is 0 Å². The highest BCUT2D eigenvalue weighted by Gasteiger charge is 2.68.